The smallest absolute Gasteiger partial charge is 0.138 e. The molecular weight excluding hydrogens is 234 g/mol. The fourth-order valence-corrected chi connectivity index (χ4v) is 2.17. The van der Waals surface area contributed by atoms with Gasteiger partial charge in [-0.1, -0.05) is 51.5 Å². The molecule has 0 radical (unpaired) electrons. The second-order valence-electron chi connectivity index (χ2n) is 5.41. The number of aryl methyl sites for hydroxylation is 1. The van der Waals surface area contributed by atoms with Crippen LogP contribution in [0.2, 0.25) is 0 Å². The van der Waals surface area contributed by atoms with E-state index in [2.05, 4.69) is 11.9 Å². The SMILES string of the molecule is CCCCCCCCCC(=O)Cc1ccc(C)cn1. The number of carbonyl (C=O) groups is 1. The van der Waals surface area contributed by atoms with E-state index >= 15 is 0 Å². The molecule has 1 heterocycles. The van der Waals surface area contributed by atoms with E-state index in [4.69, 9.17) is 0 Å². The summed E-state index contributed by atoms with van der Waals surface area (Å²) in [5.74, 6) is 0.324. The number of nitrogens with zero attached hydrogens (tertiary/aromatic N) is 1. The third kappa shape index (κ3) is 7.76. The zero-order chi connectivity index (χ0) is 13.9. The van der Waals surface area contributed by atoms with E-state index in [0.29, 0.717) is 18.6 Å². The van der Waals surface area contributed by atoms with Gasteiger partial charge in [0.15, 0.2) is 0 Å². The van der Waals surface area contributed by atoms with Crippen LogP contribution in [-0.2, 0) is 11.2 Å². The molecule has 1 aromatic rings. The molecule has 106 valence electrons. The lowest BCUT2D eigenvalue weighted by Gasteiger charge is -2.02. The quantitative estimate of drug-likeness (QED) is 0.574. The molecule has 0 fully saturated rings. The highest BCUT2D eigenvalue weighted by Crippen LogP contribution is 2.09. The number of rotatable bonds is 10. The van der Waals surface area contributed by atoms with E-state index in [-0.39, 0.29) is 0 Å². The summed E-state index contributed by atoms with van der Waals surface area (Å²) in [6, 6.07) is 3.97. The molecule has 0 aliphatic rings. The highest BCUT2D eigenvalue weighted by molar-refractivity contribution is 5.80. The zero-order valence-electron chi connectivity index (χ0n) is 12.5. The minimum absolute atomic E-state index is 0.324. The first kappa shape index (κ1) is 15.9. The average molecular weight is 261 g/mol. The summed E-state index contributed by atoms with van der Waals surface area (Å²) < 4.78 is 0. The molecule has 0 unspecified atom stereocenters. The van der Waals surface area contributed by atoms with Gasteiger partial charge in [0.1, 0.15) is 5.78 Å². The largest absolute Gasteiger partial charge is 0.299 e. The summed E-state index contributed by atoms with van der Waals surface area (Å²) in [5, 5.41) is 0. The van der Waals surface area contributed by atoms with Crippen molar-refractivity contribution in [3.8, 4) is 0 Å². The second kappa shape index (κ2) is 9.71. The molecule has 0 aromatic carbocycles. The van der Waals surface area contributed by atoms with Gasteiger partial charge in [-0.3, -0.25) is 9.78 Å². The highest BCUT2D eigenvalue weighted by atomic mass is 16.1. The number of pyridine rings is 1. The normalized spacial score (nSPS) is 10.6. The Morgan fingerprint density at radius 1 is 1.05 bits per heavy atom. The van der Waals surface area contributed by atoms with Crippen LogP contribution in [-0.4, -0.2) is 10.8 Å². The lowest BCUT2D eigenvalue weighted by atomic mass is 10.0. The van der Waals surface area contributed by atoms with Crippen LogP contribution < -0.4 is 0 Å². The molecule has 0 aliphatic heterocycles. The van der Waals surface area contributed by atoms with Crippen molar-refractivity contribution >= 4 is 5.78 Å². The monoisotopic (exact) mass is 261 g/mol. The van der Waals surface area contributed by atoms with Crippen molar-refractivity contribution < 1.29 is 4.79 Å². The Labute approximate surface area is 117 Å². The summed E-state index contributed by atoms with van der Waals surface area (Å²) in [5.41, 5.74) is 2.04. The molecule has 0 saturated carbocycles. The highest BCUT2D eigenvalue weighted by Gasteiger charge is 2.04. The number of hydrogen-bond donors (Lipinski definition) is 0. The lowest BCUT2D eigenvalue weighted by molar-refractivity contribution is -0.118. The molecular formula is C17H27NO. The number of ketones is 1. The van der Waals surface area contributed by atoms with Crippen molar-refractivity contribution in [2.75, 3.05) is 0 Å². The molecule has 2 heteroatoms. The number of Topliss-reactive ketones (excluding diaryl/α,β-unsaturated/α-hetero) is 1. The van der Waals surface area contributed by atoms with Crippen LogP contribution >= 0.6 is 0 Å². The molecule has 0 amide bonds. The summed E-state index contributed by atoms with van der Waals surface area (Å²) >= 11 is 0. The second-order valence-corrected chi connectivity index (χ2v) is 5.41. The predicted molar refractivity (Wildman–Crippen MR) is 80.3 cm³/mol. The van der Waals surface area contributed by atoms with E-state index in [1.54, 1.807) is 0 Å². The van der Waals surface area contributed by atoms with Crippen LogP contribution in [0.1, 0.15) is 69.5 Å². The maximum absolute atomic E-state index is 11.8. The minimum atomic E-state index is 0.324. The Bertz CT molecular complexity index is 356. The van der Waals surface area contributed by atoms with Gasteiger partial charge in [0, 0.05) is 24.7 Å². The van der Waals surface area contributed by atoms with E-state index < -0.39 is 0 Å². The van der Waals surface area contributed by atoms with Crippen molar-refractivity contribution in [3.05, 3.63) is 29.6 Å². The van der Waals surface area contributed by atoms with Gasteiger partial charge in [-0.05, 0) is 25.0 Å². The topological polar surface area (TPSA) is 30.0 Å². The first-order valence-corrected chi connectivity index (χ1v) is 7.65. The van der Waals surface area contributed by atoms with Crippen molar-refractivity contribution in [2.45, 2.75) is 71.6 Å². The molecule has 0 bridgehead atoms. The Morgan fingerprint density at radius 3 is 2.37 bits per heavy atom. The van der Waals surface area contributed by atoms with Gasteiger partial charge in [0.2, 0.25) is 0 Å². The number of aromatic nitrogens is 1. The fraction of sp³-hybridized carbons (Fsp3) is 0.647. The Kier molecular flexibility index (Phi) is 8.11. The molecule has 0 N–H and O–H groups in total. The standard InChI is InChI=1S/C17H27NO/c1-3-4-5-6-7-8-9-10-17(19)13-16-12-11-15(2)14-18-16/h11-12,14H,3-10,13H2,1-2H3. The van der Waals surface area contributed by atoms with Crippen LogP contribution in [0.25, 0.3) is 0 Å². The molecule has 19 heavy (non-hydrogen) atoms. The van der Waals surface area contributed by atoms with Crippen LogP contribution in [0.4, 0.5) is 0 Å². The summed E-state index contributed by atoms with van der Waals surface area (Å²) in [4.78, 5) is 16.1. The molecule has 0 saturated heterocycles. The Balaban J connectivity index is 2.06. The van der Waals surface area contributed by atoms with E-state index in [9.17, 15) is 4.79 Å². The van der Waals surface area contributed by atoms with Gasteiger partial charge in [0.25, 0.3) is 0 Å². The number of hydrogen-bond acceptors (Lipinski definition) is 2. The van der Waals surface area contributed by atoms with Crippen molar-refractivity contribution in [1.29, 1.82) is 0 Å². The average Bonchev–Trinajstić information content (AvgIpc) is 2.40. The third-order valence-electron chi connectivity index (χ3n) is 3.41. The van der Waals surface area contributed by atoms with Crippen LogP contribution in [0, 0.1) is 6.92 Å². The molecule has 2 nitrogen and oxygen atoms in total. The first-order valence-electron chi connectivity index (χ1n) is 7.65. The molecule has 0 spiro atoms. The van der Waals surface area contributed by atoms with Gasteiger partial charge in [-0.25, -0.2) is 0 Å². The fourth-order valence-electron chi connectivity index (χ4n) is 2.17. The van der Waals surface area contributed by atoms with E-state index in [1.807, 2.05) is 25.3 Å². The Hall–Kier alpha value is -1.18. The number of carbonyl (C=O) groups excluding carboxylic acids is 1. The maximum Gasteiger partial charge on any atom is 0.138 e. The van der Waals surface area contributed by atoms with Gasteiger partial charge < -0.3 is 0 Å². The van der Waals surface area contributed by atoms with E-state index in [0.717, 1.165) is 17.7 Å². The lowest BCUT2D eigenvalue weighted by Crippen LogP contribution is -2.04. The number of unbranched alkanes of at least 4 members (excludes halogenated alkanes) is 6. The van der Waals surface area contributed by atoms with Crippen molar-refractivity contribution in [2.24, 2.45) is 0 Å². The molecule has 0 aliphatic carbocycles. The predicted octanol–water partition coefficient (Wildman–Crippen LogP) is 4.64. The van der Waals surface area contributed by atoms with Gasteiger partial charge in [0.05, 0.1) is 0 Å². The van der Waals surface area contributed by atoms with Gasteiger partial charge >= 0.3 is 0 Å². The van der Waals surface area contributed by atoms with Crippen LogP contribution in [0.3, 0.4) is 0 Å². The molecule has 1 aromatic heterocycles. The van der Waals surface area contributed by atoms with Crippen LogP contribution in [0.15, 0.2) is 18.3 Å². The third-order valence-corrected chi connectivity index (χ3v) is 3.41. The zero-order valence-corrected chi connectivity index (χ0v) is 12.5. The first-order chi connectivity index (χ1) is 9.22. The van der Waals surface area contributed by atoms with Crippen molar-refractivity contribution in [3.63, 3.8) is 0 Å². The van der Waals surface area contributed by atoms with E-state index in [1.165, 1.54) is 38.5 Å². The molecule has 1 rings (SSSR count). The summed E-state index contributed by atoms with van der Waals surface area (Å²) in [6.07, 6.45) is 11.8. The minimum Gasteiger partial charge on any atom is -0.299 e. The Morgan fingerprint density at radius 2 is 1.74 bits per heavy atom. The van der Waals surface area contributed by atoms with Crippen molar-refractivity contribution in [1.82, 2.24) is 4.98 Å². The summed E-state index contributed by atoms with van der Waals surface area (Å²) in [7, 11) is 0. The molecule has 0 atom stereocenters. The maximum atomic E-state index is 11.8. The van der Waals surface area contributed by atoms with Gasteiger partial charge in [-0.2, -0.15) is 0 Å². The van der Waals surface area contributed by atoms with Gasteiger partial charge in [-0.15, -0.1) is 0 Å². The van der Waals surface area contributed by atoms with Crippen LogP contribution in [0.5, 0.6) is 0 Å². The summed E-state index contributed by atoms with van der Waals surface area (Å²) in [6.45, 7) is 4.24.